The lowest BCUT2D eigenvalue weighted by Gasteiger charge is -2.37. The summed E-state index contributed by atoms with van der Waals surface area (Å²) >= 11 is 0. The molecular formula is C16H26N4. The van der Waals surface area contributed by atoms with Gasteiger partial charge in [-0.15, -0.1) is 0 Å². The molecule has 110 valence electrons. The molecule has 1 atom stereocenters. The van der Waals surface area contributed by atoms with Crippen molar-refractivity contribution in [3.05, 3.63) is 24.0 Å². The fraction of sp³-hybridized carbons (Fsp3) is 0.688. The van der Waals surface area contributed by atoms with Gasteiger partial charge in [-0.2, -0.15) is 0 Å². The molecule has 4 nitrogen and oxygen atoms in total. The first-order chi connectivity index (χ1) is 9.74. The van der Waals surface area contributed by atoms with E-state index in [9.17, 15) is 0 Å². The van der Waals surface area contributed by atoms with Gasteiger partial charge in [0.1, 0.15) is 0 Å². The van der Waals surface area contributed by atoms with Crippen LogP contribution in [-0.2, 0) is 6.54 Å². The first-order valence-electron chi connectivity index (χ1n) is 7.81. The molecule has 1 aliphatic carbocycles. The molecule has 1 unspecified atom stereocenters. The summed E-state index contributed by atoms with van der Waals surface area (Å²) in [7, 11) is 4.44. The molecule has 1 aliphatic heterocycles. The summed E-state index contributed by atoms with van der Waals surface area (Å²) in [6.45, 7) is 3.35. The highest BCUT2D eigenvalue weighted by atomic mass is 15.2. The predicted molar refractivity (Wildman–Crippen MR) is 83.0 cm³/mol. The third kappa shape index (κ3) is 3.30. The second kappa shape index (κ2) is 6.10. The Kier molecular flexibility index (Phi) is 4.22. The van der Waals surface area contributed by atoms with Crippen LogP contribution in [0, 0.1) is 0 Å². The molecule has 1 saturated heterocycles. The van der Waals surface area contributed by atoms with Gasteiger partial charge in [0, 0.05) is 38.4 Å². The van der Waals surface area contributed by atoms with E-state index < -0.39 is 0 Å². The Hall–Kier alpha value is -1.13. The fourth-order valence-corrected chi connectivity index (χ4v) is 3.08. The van der Waals surface area contributed by atoms with Gasteiger partial charge in [-0.3, -0.25) is 4.98 Å². The fourth-order valence-electron chi connectivity index (χ4n) is 3.08. The minimum absolute atomic E-state index is 0.609. The zero-order valence-corrected chi connectivity index (χ0v) is 12.7. The van der Waals surface area contributed by atoms with Crippen molar-refractivity contribution in [2.45, 2.75) is 44.3 Å². The lowest BCUT2D eigenvalue weighted by molar-refractivity contribution is 0.248. The number of hydrogen-bond donors (Lipinski definition) is 1. The van der Waals surface area contributed by atoms with Gasteiger partial charge in [0.2, 0.25) is 0 Å². The highest BCUT2D eigenvalue weighted by Crippen LogP contribution is 2.25. The predicted octanol–water partition coefficient (Wildman–Crippen LogP) is 1.86. The number of pyridine rings is 1. The quantitative estimate of drug-likeness (QED) is 0.888. The molecule has 1 saturated carbocycles. The zero-order valence-electron chi connectivity index (χ0n) is 12.7. The number of nitrogens with zero attached hydrogens (tertiary/aromatic N) is 3. The van der Waals surface area contributed by atoms with Gasteiger partial charge in [-0.25, -0.2) is 0 Å². The monoisotopic (exact) mass is 274 g/mol. The Labute approximate surface area is 122 Å². The largest absolute Gasteiger partial charge is 0.369 e. The average molecular weight is 274 g/mol. The summed E-state index contributed by atoms with van der Waals surface area (Å²) in [5, 5.41) is 3.61. The Bertz CT molecular complexity index is 444. The molecular weight excluding hydrogens is 248 g/mol. The summed E-state index contributed by atoms with van der Waals surface area (Å²) in [5.74, 6) is 0. The van der Waals surface area contributed by atoms with Crippen molar-refractivity contribution in [3.63, 3.8) is 0 Å². The van der Waals surface area contributed by atoms with E-state index in [2.05, 4.69) is 40.3 Å². The van der Waals surface area contributed by atoms with E-state index in [1.54, 1.807) is 0 Å². The summed E-state index contributed by atoms with van der Waals surface area (Å²) in [5.41, 5.74) is 2.67. The van der Waals surface area contributed by atoms with E-state index in [0.717, 1.165) is 19.1 Å². The van der Waals surface area contributed by atoms with Gasteiger partial charge in [0.05, 0.1) is 11.9 Å². The molecule has 3 rings (SSSR count). The van der Waals surface area contributed by atoms with Crippen molar-refractivity contribution in [1.29, 1.82) is 0 Å². The number of anilines is 1. The normalized spacial score (nSPS) is 23.8. The van der Waals surface area contributed by atoms with E-state index in [1.807, 2.05) is 12.4 Å². The van der Waals surface area contributed by atoms with E-state index in [-0.39, 0.29) is 0 Å². The van der Waals surface area contributed by atoms with Gasteiger partial charge >= 0.3 is 0 Å². The van der Waals surface area contributed by atoms with E-state index in [1.165, 1.54) is 43.5 Å². The SMILES string of the molecule is CN1CCCC(N(C)c2cnccc2CNC2CC2)C1. The molecule has 20 heavy (non-hydrogen) atoms. The maximum Gasteiger partial charge on any atom is 0.0598 e. The number of piperidine rings is 1. The third-order valence-electron chi connectivity index (χ3n) is 4.57. The minimum Gasteiger partial charge on any atom is -0.369 e. The molecule has 2 fully saturated rings. The second-order valence-corrected chi connectivity index (χ2v) is 6.33. The highest BCUT2D eigenvalue weighted by Gasteiger charge is 2.24. The smallest absolute Gasteiger partial charge is 0.0598 e. The zero-order chi connectivity index (χ0) is 13.9. The number of nitrogens with one attached hydrogen (secondary N) is 1. The van der Waals surface area contributed by atoms with Gasteiger partial charge in [-0.05, 0) is 50.9 Å². The molecule has 0 bridgehead atoms. The van der Waals surface area contributed by atoms with Crippen LogP contribution >= 0.6 is 0 Å². The van der Waals surface area contributed by atoms with Crippen LogP contribution in [0.4, 0.5) is 5.69 Å². The maximum atomic E-state index is 4.34. The van der Waals surface area contributed by atoms with Crippen LogP contribution in [0.3, 0.4) is 0 Å². The van der Waals surface area contributed by atoms with Gasteiger partial charge in [-0.1, -0.05) is 0 Å². The third-order valence-corrected chi connectivity index (χ3v) is 4.57. The molecule has 0 amide bonds. The van der Waals surface area contributed by atoms with Gasteiger partial charge in [0.25, 0.3) is 0 Å². The molecule has 0 spiro atoms. The van der Waals surface area contributed by atoms with Crippen LogP contribution in [-0.4, -0.2) is 49.2 Å². The first kappa shape index (κ1) is 13.8. The topological polar surface area (TPSA) is 31.4 Å². The molecule has 2 aliphatic rings. The van der Waals surface area contributed by atoms with E-state index in [4.69, 9.17) is 0 Å². The molecule has 0 radical (unpaired) electrons. The van der Waals surface area contributed by atoms with Crippen LogP contribution < -0.4 is 10.2 Å². The van der Waals surface area contributed by atoms with Crippen molar-refractivity contribution >= 4 is 5.69 Å². The average Bonchev–Trinajstić information content (AvgIpc) is 3.29. The molecule has 2 heterocycles. The number of likely N-dealkylation sites (tertiary alicyclic amines) is 1. The Balaban J connectivity index is 1.70. The Morgan fingerprint density at radius 2 is 2.25 bits per heavy atom. The van der Waals surface area contributed by atoms with E-state index in [0.29, 0.717) is 6.04 Å². The second-order valence-electron chi connectivity index (χ2n) is 6.33. The molecule has 1 aromatic heterocycles. The van der Waals surface area contributed by atoms with Crippen LogP contribution in [0.15, 0.2) is 18.5 Å². The summed E-state index contributed by atoms with van der Waals surface area (Å²) in [4.78, 5) is 9.21. The van der Waals surface area contributed by atoms with Crippen molar-refractivity contribution < 1.29 is 0 Å². The van der Waals surface area contributed by atoms with Crippen LogP contribution in [0.5, 0.6) is 0 Å². The number of hydrogen-bond acceptors (Lipinski definition) is 4. The first-order valence-corrected chi connectivity index (χ1v) is 7.81. The lowest BCUT2D eigenvalue weighted by atomic mass is 10.0. The molecule has 4 heteroatoms. The summed E-state index contributed by atoms with van der Waals surface area (Å²) < 4.78 is 0. The van der Waals surface area contributed by atoms with Crippen molar-refractivity contribution in [2.24, 2.45) is 0 Å². The van der Waals surface area contributed by atoms with Crippen LogP contribution in [0.25, 0.3) is 0 Å². The number of likely N-dealkylation sites (N-methyl/N-ethyl adjacent to an activating group) is 2. The van der Waals surface area contributed by atoms with Crippen molar-refractivity contribution in [2.75, 3.05) is 32.1 Å². The Morgan fingerprint density at radius 1 is 1.40 bits per heavy atom. The highest BCUT2D eigenvalue weighted by molar-refractivity contribution is 5.52. The standard InChI is InChI=1S/C16H26N4/c1-19-9-3-4-15(12-19)20(2)16-11-17-8-7-13(16)10-18-14-5-6-14/h7-8,11,14-15,18H,3-6,9-10,12H2,1-2H3. The van der Waals surface area contributed by atoms with Crippen molar-refractivity contribution in [3.8, 4) is 0 Å². The maximum absolute atomic E-state index is 4.34. The molecule has 1 aromatic rings. The van der Waals surface area contributed by atoms with E-state index >= 15 is 0 Å². The van der Waals surface area contributed by atoms with Gasteiger partial charge < -0.3 is 15.1 Å². The summed E-state index contributed by atoms with van der Waals surface area (Å²) in [6, 6.07) is 3.52. The van der Waals surface area contributed by atoms with Crippen molar-refractivity contribution in [1.82, 2.24) is 15.2 Å². The molecule has 1 N–H and O–H groups in total. The molecule has 0 aromatic carbocycles. The minimum atomic E-state index is 0.609. The number of aromatic nitrogens is 1. The Morgan fingerprint density at radius 3 is 3.00 bits per heavy atom. The van der Waals surface area contributed by atoms with Gasteiger partial charge in [0.15, 0.2) is 0 Å². The lowest BCUT2D eigenvalue weighted by Crippen LogP contribution is -2.45. The number of rotatable bonds is 5. The van der Waals surface area contributed by atoms with Crippen LogP contribution in [0.1, 0.15) is 31.2 Å². The summed E-state index contributed by atoms with van der Waals surface area (Å²) in [6.07, 6.45) is 9.19. The van der Waals surface area contributed by atoms with Crippen LogP contribution in [0.2, 0.25) is 0 Å².